The van der Waals surface area contributed by atoms with E-state index in [1.165, 1.54) is 16.0 Å². The maximum atomic E-state index is 12.6. The fourth-order valence-electron chi connectivity index (χ4n) is 5.46. The first kappa shape index (κ1) is 21.6. The normalized spacial score (nSPS) is 17.1. The van der Waals surface area contributed by atoms with E-state index in [2.05, 4.69) is 65.6 Å². The molecule has 0 saturated carbocycles. The zero-order chi connectivity index (χ0) is 22.6. The van der Waals surface area contributed by atoms with Crippen molar-refractivity contribution in [3.05, 3.63) is 107 Å². The van der Waals surface area contributed by atoms with Gasteiger partial charge in [-0.25, -0.2) is 0 Å². The van der Waals surface area contributed by atoms with E-state index in [4.69, 9.17) is 0 Å². The maximum absolute atomic E-state index is 12.6. The van der Waals surface area contributed by atoms with Crippen molar-refractivity contribution in [2.24, 2.45) is 5.92 Å². The van der Waals surface area contributed by atoms with Gasteiger partial charge in [0.2, 0.25) is 0 Å². The van der Waals surface area contributed by atoms with Crippen LogP contribution in [0.1, 0.15) is 57.0 Å². The average Bonchev–Trinajstić information content (AvgIpc) is 3.11. The van der Waals surface area contributed by atoms with Crippen LogP contribution < -0.4 is 0 Å². The molecule has 1 fully saturated rings. The van der Waals surface area contributed by atoms with Crippen molar-refractivity contribution in [3.63, 3.8) is 0 Å². The number of piperidine rings is 1. The monoisotopic (exact) mass is 438 g/mol. The highest BCUT2D eigenvalue weighted by atomic mass is 16.2. The van der Waals surface area contributed by atoms with Gasteiger partial charge >= 0.3 is 0 Å². The standard InChI is InChI=1S/C29H30N2O2/c32-28-25-14-7-8-15-26(25)29(33)31(28)19-9-18-30-20-16-24(17-21-30)27(22-10-3-1-4-11-22)23-12-5-2-6-13-23/h1-8,10-15,24,27H,9,16-21H2. The Morgan fingerprint density at radius 3 is 1.67 bits per heavy atom. The lowest BCUT2D eigenvalue weighted by molar-refractivity contribution is 0.0644. The Kier molecular flexibility index (Phi) is 6.36. The van der Waals surface area contributed by atoms with E-state index in [1.54, 1.807) is 12.1 Å². The molecule has 3 aromatic rings. The van der Waals surface area contributed by atoms with Crippen LogP contribution >= 0.6 is 0 Å². The van der Waals surface area contributed by atoms with Crippen molar-refractivity contribution in [2.45, 2.75) is 25.2 Å². The summed E-state index contributed by atoms with van der Waals surface area (Å²) >= 11 is 0. The Bertz CT molecular complexity index is 1030. The summed E-state index contributed by atoms with van der Waals surface area (Å²) < 4.78 is 0. The molecule has 0 N–H and O–H groups in total. The second-order valence-electron chi connectivity index (χ2n) is 9.14. The number of fused-ring (bicyclic) bond motifs is 1. The van der Waals surface area contributed by atoms with Crippen molar-refractivity contribution < 1.29 is 9.59 Å². The number of rotatable bonds is 7. The molecule has 0 aromatic heterocycles. The second-order valence-corrected chi connectivity index (χ2v) is 9.14. The Morgan fingerprint density at radius 2 is 1.15 bits per heavy atom. The van der Waals surface area contributed by atoms with Gasteiger partial charge in [0, 0.05) is 12.5 Å². The topological polar surface area (TPSA) is 40.6 Å². The number of carbonyl (C=O) groups excluding carboxylic acids is 2. The summed E-state index contributed by atoms with van der Waals surface area (Å²) in [6.07, 6.45) is 3.12. The van der Waals surface area contributed by atoms with Gasteiger partial charge in [-0.3, -0.25) is 14.5 Å². The molecule has 33 heavy (non-hydrogen) atoms. The molecule has 0 bridgehead atoms. The largest absolute Gasteiger partial charge is 0.303 e. The third-order valence-corrected chi connectivity index (χ3v) is 7.16. The third-order valence-electron chi connectivity index (χ3n) is 7.16. The van der Waals surface area contributed by atoms with Crippen molar-refractivity contribution in [1.29, 1.82) is 0 Å². The third kappa shape index (κ3) is 4.49. The first-order chi connectivity index (χ1) is 16.2. The quantitative estimate of drug-likeness (QED) is 0.475. The zero-order valence-electron chi connectivity index (χ0n) is 18.9. The molecule has 2 amide bonds. The van der Waals surface area contributed by atoms with Crippen LogP contribution in [0, 0.1) is 5.92 Å². The number of nitrogens with zero attached hydrogens (tertiary/aromatic N) is 2. The fourth-order valence-corrected chi connectivity index (χ4v) is 5.46. The Balaban J connectivity index is 1.17. The van der Waals surface area contributed by atoms with Gasteiger partial charge in [0.1, 0.15) is 0 Å². The van der Waals surface area contributed by atoms with Gasteiger partial charge in [0.25, 0.3) is 11.8 Å². The van der Waals surface area contributed by atoms with Crippen molar-refractivity contribution >= 4 is 11.8 Å². The summed E-state index contributed by atoms with van der Waals surface area (Å²) in [5.74, 6) is 0.737. The van der Waals surface area contributed by atoms with E-state index in [-0.39, 0.29) is 11.8 Å². The number of amides is 2. The number of hydrogen-bond donors (Lipinski definition) is 0. The predicted molar refractivity (Wildman–Crippen MR) is 130 cm³/mol. The number of benzene rings is 3. The molecule has 1 saturated heterocycles. The van der Waals surface area contributed by atoms with E-state index < -0.39 is 0 Å². The first-order valence-corrected chi connectivity index (χ1v) is 12.0. The predicted octanol–water partition coefficient (Wildman–Crippen LogP) is 5.22. The summed E-state index contributed by atoms with van der Waals surface area (Å²) in [4.78, 5) is 29.0. The minimum absolute atomic E-state index is 0.150. The van der Waals surface area contributed by atoms with Crippen LogP contribution in [0.4, 0.5) is 0 Å². The zero-order valence-corrected chi connectivity index (χ0v) is 18.9. The highest BCUT2D eigenvalue weighted by Gasteiger charge is 2.35. The minimum atomic E-state index is -0.150. The molecule has 0 aliphatic carbocycles. The number of carbonyl (C=O) groups is 2. The fraction of sp³-hybridized carbons (Fsp3) is 0.310. The lowest BCUT2D eigenvalue weighted by Crippen LogP contribution is -2.38. The lowest BCUT2D eigenvalue weighted by Gasteiger charge is -2.37. The van der Waals surface area contributed by atoms with Crippen molar-refractivity contribution in [3.8, 4) is 0 Å². The molecule has 168 valence electrons. The van der Waals surface area contributed by atoms with Crippen LogP contribution in [-0.4, -0.2) is 47.8 Å². The van der Waals surface area contributed by atoms with Gasteiger partial charge in [-0.05, 0) is 68.1 Å². The van der Waals surface area contributed by atoms with Gasteiger partial charge < -0.3 is 4.90 Å². The molecular weight excluding hydrogens is 408 g/mol. The van der Waals surface area contributed by atoms with Crippen LogP contribution in [-0.2, 0) is 0 Å². The van der Waals surface area contributed by atoms with Crippen LogP contribution in [0.2, 0.25) is 0 Å². The molecule has 5 rings (SSSR count). The molecule has 2 aliphatic rings. The minimum Gasteiger partial charge on any atom is -0.303 e. The van der Waals surface area contributed by atoms with E-state index >= 15 is 0 Å². The Morgan fingerprint density at radius 1 is 0.667 bits per heavy atom. The van der Waals surface area contributed by atoms with Gasteiger partial charge in [0.15, 0.2) is 0 Å². The number of hydrogen-bond acceptors (Lipinski definition) is 3. The summed E-state index contributed by atoms with van der Waals surface area (Å²) in [5.41, 5.74) is 3.87. The summed E-state index contributed by atoms with van der Waals surface area (Å²) in [5, 5.41) is 0. The first-order valence-electron chi connectivity index (χ1n) is 12.0. The summed E-state index contributed by atoms with van der Waals surface area (Å²) in [6.45, 7) is 3.52. The van der Waals surface area contributed by atoms with E-state index in [0.717, 1.165) is 38.9 Å². The van der Waals surface area contributed by atoms with Crippen molar-refractivity contribution in [1.82, 2.24) is 9.80 Å². The van der Waals surface area contributed by atoms with Gasteiger partial charge in [-0.1, -0.05) is 72.8 Å². The maximum Gasteiger partial charge on any atom is 0.261 e. The SMILES string of the molecule is O=C1c2ccccc2C(=O)N1CCCN1CCC(C(c2ccccc2)c2ccccc2)CC1. The van der Waals surface area contributed by atoms with Gasteiger partial charge in [-0.2, -0.15) is 0 Å². The number of imide groups is 1. The smallest absolute Gasteiger partial charge is 0.261 e. The van der Waals surface area contributed by atoms with Crippen LogP contribution in [0.3, 0.4) is 0 Å². The Labute approximate surface area is 195 Å². The van der Waals surface area contributed by atoms with Crippen molar-refractivity contribution in [2.75, 3.05) is 26.2 Å². The molecule has 0 unspecified atom stereocenters. The molecule has 0 spiro atoms. The lowest BCUT2D eigenvalue weighted by atomic mass is 9.76. The van der Waals surface area contributed by atoms with Crippen LogP contribution in [0.5, 0.6) is 0 Å². The van der Waals surface area contributed by atoms with E-state index in [9.17, 15) is 9.59 Å². The summed E-state index contributed by atoms with van der Waals surface area (Å²) in [6, 6.07) is 28.9. The molecule has 4 nitrogen and oxygen atoms in total. The molecule has 0 atom stereocenters. The average molecular weight is 439 g/mol. The summed E-state index contributed by atoms with van der Waals surface area (Å²) in [7, 11) is 0. The molecule has 2 aliphatic heterocycles. The highest BCUT2D eigenvalue weighted by molar-refractivity contribution is 6.21. The van der Waals surface area contributed by atoms with Crippen LogP contribution in [0.15, 0.2) is 84.9 Å². The highest BCUT2D eigenvalue weighted by Crippen LogP contribution is 2.38. The van der Waals surface area contributed by atoms with E-state index in [0.29, 0.717) is 29.5 Å². The van der Waals surface area contributed by atoms with Crippen LogP contribution in [0.25, 0.3) is 0 Å². The van der Waals surface area contributed by atoms with E-state index in [1.807, 2.05) is 12.1 Å². The van der Waals surface area contributed by atoms with Gasteiger partial charge in [-0.15, -0.1) is 0 Å². The molecule has 3 aromatic carbocycles. The molecular formula is C29H30N2O2. The Hall–Kier alpha value is -3.24. The number of likely N-dealkylation sites (tertiary alicyclic amines) is 1. The molecule has 4 heteroatoms. The van der Waals surface area contributed by atoms with Gasteiger partial charge in [0.05, 0.1) is 11.1 Å². The molecule has 0 radical (unpaired) electrons. The second kappa shape index (κ2) is 9.72. The molecule has 2 heterocycles.